The molecule has 1 rings (SSSR count). The minimum Gasteiger partial charge on any atom is -0.269 e. The zero-order chi connectivity index (χ0) is 9.19. The predicted molar refractivity (Wildman–Crippen MR) is 49.3 cm³/mol. The molecule has 66 valence electrons. The fourth-order valence-electron chi connectivity index (χ4n) is 0.683. The number of hydrogen-bond donors (Lipinski definition) is 2. The molecule has 0 aliphatic carbocycles. The molecule has 0 atom stereocenters. The maximum atomic E-state index is 10.4. The van der Waals surface area contributed by atoms with Gasteiger partial charge >= 0.3 is 10.3 Å². The molecule has 0 aliphatic heterocycles. The topological polar surface area (TPSA) is 66.4 Å². The third-order valence-electron chi connectivity index (χ3n) is 1.11. The number of para-hydroxylation sites is 1. The molecule has 0 spiro atoms. The molecule has 0 bridgehead atoms. The lowest BCUT2D eigenvalue weighted by atomic mass is 10.3. The van der Waals surface area contributed by atoms with Gasteiger partial charge in [0, 0.05) is 4.47 Å². The van der Waals surface area contributed by atoms with E-state index in [1.165, 1.54) is 6.07 Å². The molecule has 0 saturated heterocycles. The Balaban J connectivity index is 2.98. The van der Waals surface area contributed by atoms with E-state index in [1.54, 1.807) is 18.2 Å². The fourth-order valence-corrected chi connectivity index (χ4v) is 1.65. The van der Waals surface area contributed by atoms with Gasteiger partial charge in [0.25, 0.3) is 0 Å². The van der Waals surface area contributed by atoms with Crippen molar-refractivity contribution in [1.82, 2.24) is 0 Å². The van der Waals surface area contributed by atoms with E-state index in [2.05, 4.69) is 15.9 Å². The average Bonchev–Trinajstić information content (AvgIpc) is 1.91. The summed E-state index contributed by atoms with van der Waals surface area (Å²) in [6, 6.07) is 6.57. The zero-order valence-corrected chi connectivity index (χ0v) is 8.26. The van der Waals surface area contributed by atoms with Gasteiger partial charge in [-0.25, -0.2) is 0 Å². The van der Waals surface area contributed by atoms with Crippen LogP contribution in [0.2, 0.25) is 0 Å². The van der Waals surface area contributed by atoms with Gasteiger partial charge in [-0.15, -0.1) is 0 Å². The van der Waals surface area contributed by atoms with Crippen LogP contribution in [0.15, 0.2) is 28.7 Å². The molecule has 2 N–H and O–H groups in total. The van der Waals surface area contributed by atoms with Gasteiger partial charge in [0.15, 0.2) is 0 Å². The first-order valence-electron chi connectivity index (χ1n) is 2.99. The lowest BCUT2D eigenvalue weighted by Crippen LogP contribution is -2.10. The van der Waals surface area contributed by atoms with E-state index < -0.39 is 10.3 Å². The van der Waals surface area contributed by atoms with Gasteiger partial charge in [0.1, 0.15) is 0 Å². The maximum Gasteiger partial charge on any atom is 0.357 e. The van der Waals surface area contributed by atoms with Crippen LogP contribution in [0.25, 0.3) is 0 Å². The quantitative estimate of drug-likeness (QED) is 0.786. The van der Waals surface area contributed by atoms with Gasteiger partial charge in [-0.05, 0) is 28.1 Å². The SMILES string of the molecule is O=S(=O)(O)Nc1ccccc1Br. The Kier molecular flexibility index (Phi) is 2.71. The summed E-state index contributed by atoms with van der Waals surface area (Å²) < 4.78 is 31.7. The van der Waals surface area contributed by atoms with Crippen molar-refractivity contribution in [3.05, 3.63) is 28.7 Å². The van der Waals surface area contributed by atoms with E-state index in [4.69, 9.17) is 4.55 Å². The minimum absolute atomic E-state index is 0.306. The Labute approximate surface area is 78.6 Å². The van der Waals surface area contributed by atoms with Gasteiger partial charge in [-0.2, -0.15) is 8.42 Å². The summed E-state index contributed by atoms with van der Waals surface area (Å²) in [5, 5.41) is 0. The second-order valence-corrected chi connectivity index (χ2v) is 4.07. The van der Waals surface area contributed by atoms with Crippen LogP contribution in [0.3, 0.4) is 0 Å². The molecule has 0 aromatic heterocycles. The molecule has 4 nitrogen and oxygen atoms in total. The average molecular weight is 252 g/mol. The van der Waals surface area contributed by atoms with Gasteiger partial charge in [-0.3, -0.25) is 9.27 Å². The van der Waals surface area contributed by atoms with Gasteiger partial charge in [0.05, 0.1) is 5.69 Å². The summed E-state index contributed by atoms with van der Waals surface area (Å²) in [6.45, 7) is 0. The van der Waals surface area contributed by atoms with E-state index in [0.29, 0.717) is 10.2 Å². The van der Waals surface area contributed by atoms with Crippen LogP contribution in [-0.2, 0) is 10.3 Å². The van der Waals surface area contributed by atoms with Crippen LogP contribution in [0.5, 0.6) is 0 Å². The highest BCUT2D eigenvalue weighted by molar-refractivity contribution is 9.10. The number of rotatable bonds is 2. The van der Waals surface area contributed by atoms with Crippen molar-refractivity contribution in [3.8, 4) is 0 Å². The molecule has 0 saturated carbocycles. The van der Waals surface area contributed by atoms with E-state index in [1.807, 2.05) is 4.72 Å². The second-order valence-electron chi connectivity index (χ2n) is 2.06. The van der Waals surface area contributed by atoms with E-state index in [-0.39, 0.29) is 0 Å². The monoisotopic (exact) mass is 251 g/mol. The first-order valence-corrected chi connectivity index (χ1v) is 5.22. The largest absolute Gasteiger partial charge is 0.357 e. The highest BCUT2D eigenvalue weighted by atomic mass is 79.9. The molecular weight excluding hydrogens is 246 g/mol. The van der Waals surface area contributed by atoms with E-state index in [9.17, 15) is 8.42 Å². The lowest BCUT2D eigenvalue weighted by molar-refractivity contribution is 0.489. The first-order chi connectivity index (χ1) is 5.49. The first kappa shape index (κ1) is 9.50. The summed E-state index contributed by atoms with van der Waals surface area (Å²) in [6.07, 6.45) is 0. The minimum atomic E-state index is -4.18. The molecule has 12 heavy (non-hydrogen) atoms. The Morgan fingerprint density at radius 1 is 1.33 bits per heavy atom. The highest BCUT2D eigenvalue weighted by Crippen LogP contribution is 2.21. The van der Waals surface area contributed by atoms with E-state index >= 15 is 0 Å². The number of hydrogen-bond acceptors (Lipinski definition) is 2. The van der Waals surface area contributed by atoms with Gasteiger partial charge in [0.2, 0.25) is 0 Å². The van der Waals surface area contributed by atoms with Crippen molar-refractivity contribution < 1.29 is 13.0 Å². The Morgan fingerprint density at radius 3 is 2.42 bits per heavy atom. The number of nitrogens with one attached hydrogen (secondary N) is 1. The molecule has 1 aromatic carbocycles. The van der Waals surface area contributed by atoms with Crippen LogP contribution in [0, 0.1) is 0 Å². The van der Waals surface area contributed by atoms with Crippen molar-refractivity contribution in [1.29, 1.82) is 0 Å². The van der Waals surface area contributed by atoms with E-state index in [0.717, 1.165) is 0 Å². The van der Waals surface area contributed by atoms with Crippen molar-refractivity contribution in [2.24, 2.45) is 0 Å². The summed E-state index contributed by atoms with van der Waals surface area (Å²) in [5.41, 5.74) is 0.306. The Morgan fingerprint density at radius 2 is 1.92 bits per heavy atom. The van der Waals surface area contributed by atoms with Crippen LogP contribution >= 0.6 is 15.9 Å². The third-order valence-corrected chi connectivity index (χ3v) is 2.28. The van der Waals surface area contributed by atoms with Crippen LogP contribution in [-0.4, -0.2) is 13.0 Å². The Bertz CT molecular complexity index is 376. The van der Waals surface area contributed by atoms with Crippen molar-refractivity contribution in [2.75, 3.05) is 4.72 Å². The molecule has 0 fully saturated rings. The second kappa shape index (κ2) is 3.42. The lowest BCUT2D eigenvalue weighted by Gasteiger charge is -2.03. The maximum absolute atomic E-state index is 10.4. The molecule has 0 unspecified atom stereocenters. The number of anilines is 1. The molecule has 0 radical (unpaired) electrons. The summed E-state index contributed by atoms with van der Waals surface area (Å²) >= 11 is 3.11. The standard InChI is InChI=1S/C6H6BrNO3S/c7-5-3-1-2-4-6(5)8-12(9,10)11/h1-4,8H,(H,9,10,11). The normalized spacial score (nSPS) is 11.2. The van der Waals surface area contributed by atoms with Gasteiger partial charge < -0.3 is 0 Å². The van der Waals surface area contributed by atoms with Crippen LogP contribution < -0.4 is 4.72 Å². The third kappa shape index (κ3) is 2.80. The van der Waals surface area contributed by atoms with Crippen molar-refractivity contribution in [3.63, 3.8) is 0 Å². The fraction of sp³-hybridized carbons (Fsp3) is 0. The zero-order valence-electron chi connectivity index (χ0n) is 5.86. The number of halogens is 1. The number of benzene rings is 1. The predicted octanol–water partition coefficient (Wildman–Crippen LogP) is 1.66. The summed E-state index contributed by atoms with van der Waals surface area (Å²) in [7, 11) is -4.18. The Hall–Kier alpha value is -0.590. The molecule has 6 heteroatoms. The summed E-state index contributed by atoms with van der Waals surface area (Å²) in [5.74, 6) is 0. The molecule has 0 amide bonds. The molecular formula is C6H6BrNO3S. The van der Waals surface area contributed by atoms with Crippen LogP contribution in [0.4, 0.5) is 5.69 Å². The molecule has 1 aromatic rings. The van der Waals surface area contributed by atoms with Crippen LogP contribution in [0.1, 0.15) is 0 Å². The van der Waals surface area contributed by atoms with Crippen molar-refractivity contribution in [2.45, 2.75) is 0 Å². The molecule has 0 aliphatic rings. The van der Waals surface area contributed by atoms with Crippen molar-refractivity contribution >= 4 is 31.9 Å². The highest BCUT2D eigenvalue weighted by Gasteiger charge is 2.05. The molecule has 0 heterocycles. The van der Waals surface area contributed by atoms with Gasteiger partial charge in [-0.1, -0.05) is 12.1 Å². The smallest absolute Gasteiger partial charge is 0.269 e. The summed E-state index contributed by atoms with van der Waals surface area (Å²) in [4.78, 5) is 0.